The van der Waals surface area contributed by atoms with E-state index in [1.807, 2.05) is 0 Å². The van der Waals surface area contributed by atoms with Gasteiger partial charge in [0.1, 0.15) is 18.4 Å². The number of rotatable bonds is 6. The normalized spacial score (nSPS) is 24.7. The second-order valence-electron chi connectivity index (χ2n) is 6.00. The lowest BCUT2D eigenvalue weighted by atomic mass is 10.0. The largest absolute Gasteiger partial charge is 0.455 e. The standard InChI is InChI=1S/C16H19BrN2O8/c1-7(26-8(2)20)12(22)13(23)14-10(21)5-11(27-14)19-6-9(3-4-17)15(24)18-16(19)25/h3-4,6-7,10-11,13-14,21,23H,5H2,1-2H3,(H,18,24,25)/b4-3+/t7?,10-,11+,13?,14-/m0/s1. The zero-order chi connectivity index (χ0) is 20.3. The van der Waals surface area contributed by atoms with Crippen molar-refractivity contribution >= 4 is 33.8 Å². The SMILES string of the molecule is CC(=O)OC(C)C(=O)C(O)[C@H]1O[C@@H](n2cc(/C=C/Br)c(=O)[nH]c2=O)C[C@@H]1O. The second kappa shape index (κ2) is 8.74. The van der Waals surface area contributed by atoms with Crippen LogP contribution in [0.25, 0.3) is 6.08 Å². The molecule has 1 aromatic heterocycles. The number of hydrogen-bond acceptors (Lipinski definition) is 8. The molecule has 27 heavy (non-hydrogen) atoms. The molecule has 1 aliphatic heterocycles. The van der Waals surface area contributed by atoms with E-state index in [0.717, 1.165) is 11.5 Å². The topological polar surface area (TPSA) is 148 Å². The van der Waals surface area contributed by atoms with Gasteiger partial charge in [-0.1, -0.05) is 15.9 Å². The molecule has 1 saturated heterocycles. The molecule has 0 aromatic carbocycles. The Morgan fingerprint density at radius 3 is 2.74 bits per heavy atom. The molecule has 11 heteroatoms. The minimum absolute atomic E-state index is 0.0969. The van der Waals surface area contributed by atoms with Gasteiger partial charge in [0.2, 0.25) is 5.78 Å². The zero-order valence-corrected chi connectivity index (χ0v) is 16.1. The molecule has 1 aliphatic rings. The number of nitrogens with zero attached hydrogens (tertiary/aromatic N) is 1. The van der Waals surface area contributed by atoms with Crippen LogP contribution in [-0.2, 0) is 19.1 Å². The molecule has 0 bridgehead atoms. The molecule has 0 spiro atoms. The molecule has 2 rings (SSSR count). The third-order valence-corrected chi connectivity index (χ3v) is 4.30. The van der Waals surface area contributed by atoms with Gasteiger partial charge in [-0.05, 0) is 18.0 Å². The molecule has 0 aliphatic carbocycles. The first kappa shape index (κ1) is 21.2. The number of carbonyl (C=O) groups is 2. The number of ether oxygens (including phenoxy) is 2. The van der Waals surface area contributed by atoms with Crippen molar-refractivity contribution in [1.82, 2.24) is 9.55 Å². The fraction of sp³-hybridized carbons (Fsp3) is 0.500. The number of hydrogen-bond donors (Lipinski definition) is 3. The van der Waals surface area contributed by atoms with Crippen LogP contribution in [0.3, 0.4) is 0 Å². The van der Waals surface area contributed by atoms with Gasteiger partial charge in [-0.3, -0.25) is 23.9 Å². The fourth-order valence-corrected chi connectivity index (χ4v) is 3.03. The summed E-state index contributed by atoms with van der Waals surface area (Å²) in [5.74, 6) is -1.53. The Labute approximate surface area is 161 Å². The summed E-state index contributed by atoms with van der Waals surface area (Å²) in [7, 11) is 0. The Kier molecular flexibility index (Phi) is 6.87. The Balaban J connectivity index is 2.22. The molecule has 0 saturated carbocycles. The number of H-pyrrole nitrogens is 1. The molecule has 2 heterocycles. The predicted molar refractivity (Wildman–Crippen MR) is 96.1 cm³/mol. The molecule has 0 amide bonds. The molecular formula is C16H19BrN2O8. The molecule has 5 atom stereocenters. The van der Waals surface area contributed by atoms with Crippen LogP contribution in [-0.4, -0.2) is 55.9 Å². The van der Waals surface area contributed by atoms with Gasteiger partial charge in [-0.25, -0.2) is 4.79 Å². The lowest BCUT2D eigenvalue weighted by molar-refractivity contribution is -0.161. The number of aliphatic hydroxyl groups excluding tert-OH is 2. The number of halogens is 1. The van der Waals surface area contributed by atoms with Gasteiger partial charge in [-0.15, -0.1) is 0 Å². The van der Waals surface area contributed by atoms with Gasteiger partial charge in [0.25, 0.3) is 5.56 Å². The third kappa shape index (κ3) is 4.80. The van der Waals surface area contributed by atoms with Crippen molar-refractivity contribution in [2.75, 3.05) is 0 Å². The van der Waals surface area contributed by atoms with E-state index in [1.165, 1.54) is 24.2 Å². The van der Waals surface area contributed by atoms with Crippen molar-refractivity contribution in [1.29, 1.82) is 0 Å². The van der Waals surface area contributed by atoms with E-state index in [0.29, 0.717) is 0 Å². The number of aliphatic hydroxyl groups is 2. The van der Waals surface area contributed by atoms with Gasteiger partial charge in [-0.2, -0.15) is 0 Å². The van der Waals surface area contributed by atoms with Crippen LogP contribution >= 0.6 is 15.9 Å². The van der Waals surface area contributed by atoms with Crippen LogP contribution < -0.4 is 11.2 Å². The summed E-state index contributed by atoms with van der Waals surface area (Å²) in [5.41, 5.74) is -1.21. The Morgan fingerprint density at radius 2 is 2.15 bits per heavy atom. The first-order chi connectivity index (χ1) is 12.6. The van der Waals surface area contributed by atoms with E-state index >= 15 is 0 Å². The number of carbonyl (C=O) groups excluding carboxylic acids is 2. The summed E-state index contributed by atoms with van der Waals surface area (Å²) in [6.45, 7) is 2.41. The number of aromatic nitrogens is 2. The monoisotopic (exact) mass is 446 g/mol. The van der Waals surface area contributed by atoms with Crippen LogP contribution in [0.5, 0.6) is 0 Å². The average molecular weight is 447 g/mol. The van der Waals surface area contributed by atoms with Crippen LogP contribution in [0.15, 0.2) is 20.8 Å². The number of nitrogens with one attached hydrogen (secondary N) is 1. The maximum absolute atomic E-state index is 12.2. The maximum Gasteiger partial charge on any atom is 0.330 e. The Bertz CT molecular complexity index is 861. The number of Topliss-reactive ketones (excluding diaryl/α,β-unsaturated/α-hetero) is 1. The van der Waals surface area contributed by atoms with Crippen molar-refractivity contribution in [2.24, 2.45) is 0 Å². The third-order valence-electron chi connectivity index (χ3n) is 4.03. The molecule has 2 unspecified atom stereocenters. The van der Waals surface area contributed by atoms with Crippen molar-refractivity contribution in [3.05, 3.63) is 37.6 Å². The van der Waals surface area contributed by atoms with Gasteiger partial charge >= 0.3 is 11.7 Å². The summed E-state index contributed by atoms with van der Waals surface area (Å²) in [4.78, 5) is 50.4. The van der Waals surface area contributed by atoms with Gasteiger partial charge in [0, 0.05) is 19.5 Å². The summed E-state index contributed by atoms with van der Waals surface area (Å²) in [6.07, 6.45) is -4.02. The highest BCUT2D eigenvalue weighted by Crippen LogP contribution is 2.30. The maximum atomic E-state index is 12.2. The number of esters is 1. The highest BCUT2D eigenvalue weighted by molar-refractivity contribution is 9.11. The minimum Gasteiger partial charge on any atom is -0.455 e. The number of ketones is 1. The van der Waals surface area contributed by atoms with E-state index in [9.17, 15) is 29.4 Å². The first-order valence-electron chi connectivity index (χ1n) is 8.00. The van der Waals surface area contributed by atoms with Crippen LogP contribution in [0.4, 0.5) is 0 Å². The summed E-state index contributed by atoms with van der Waals surface area (Å²) < 4.78 is 11.3. The highest BCUT2D eigenvalue weighted by Gasteiger charge is 2.43. The van der Waals surface area contributed by atoms with E-state index < -0.39 is 53.6 Å². The quantitative estimate of drug-likeness (QED) is 0.492. The van der Waals surface area contributed by atoms with E-state index in [2.05, 4.69) is 20.9 Å². The smallest absolute Gasteiger partial charge is 0.330 e. The first-order valence-corrected chi connectivity index (χ1v) is 8.92. The molecular weight excluding hydrogens is 428 g/mol. The van der Waals surface area contributed by atoms with Crippen molar-refractivity contribution in [2.45, 2.75) is 50.9 Å². The van der Waals surface area contributed by atoms with Gasteiger partial charge < -0.3 is 19.7 Å². The lowest BCUT2D eigenvalue weighted by Crippen LogP contribution is -2.45. The Hall–Kier alpha value is -2.08. The van der Waals surface area contributed by atoms with Crippen molar-refractivity contribution < 1.29 is 29.3 Å². The van der Waals surface area contributed by atoms with Gasteiger partial charge in [0.05, 0.1) is 11.7 Å². The van der Waals surface area contributed by atoms with Crippen LogP contribution in [0, 0.1) is 0 Å². The molecule has 0 radical (unpaired) electrons. The summed E-state index contributed by atoms with van der Waals surface area (Å²) >= 11 is 3.03. The molecule has 1 fully saturated rings. The zero-order valence-electron chi connectivity index (χ0n) is 14.5. The fourth-order valence-electron chi connectivity index (χ4n) is 2.74. The summed E-state index contributed by atoms with van der Waals surface area (Å²) in [5, 5.41) is 20.4. The lowest BCUT2D eigenvalue weighted by Gasteiger charge is -2.22. The van der Waals surface area contributed by atoms with Gasteiger partial charge in [0.15, 0.2) is 6.10 Å². The van der Waals surface area contributed by atoms with E-state index in [1.54, 1.807) is 0 Å². The molecule has 1 aromatic rings. The van der Waals surface area contributed by atoms with Crippen molar-refractivity contribution in [3.8, 4) is 0 Å². The molecule has 10 nitrogen and oxygen atoms in total. The number of aromatic amines is 1. The molecule has 148 valence electrons. The molecule has 3 N–H and O–H groups in total. The van der Waals surface area contributed by atoms with Crippen LogP contribution in [0.1, 0.15) is 32.1 Å². The van der Waals surface area contributed by atoms with Crippen molar-refractivity contribution in [3.63, 3.8) is 0 Å². The second-order valence-corrected chi connectivity index (χ2v) is 6.53. The Morgan fingerprint density at radius 1 is 1.48 bits per heavy atom. The van der Waals surface area contributed by atoms with E-state index in [-0.39, 0.29) is 12.0 Å². The highest BCUT2D eigenvalue weighted by atomic mass is 79.9. The minimum atomic E-state index is -1.76. The predicted octanol–water partition coefficient (Wildman–Crippen LogP) is -0.568. The van der Waals surface area contributed by atoms with E-state index in [4.69, 9.17) is 9.47 Å². The average Bonchev–Trinajstić information content (AvgIpc) is 2.96. The van der Waals surface area contributed by atoms with Crippen LogP contribution in [0.2, 0.25) is 0 Å². The summed E-state index contributed by atoms with van der Waals surface area (Å²) in [6, 6.07) is 0.